The van der Waals surface area contributed by atoms with E-state index >= 15 is 0 Å². The SMILES string of the molecule is O=C(O)N1CCC(Nc2cc(NS(=O)(=O)c3ccc(F)cc3)cc3c2NC(=O)C32CCC2)=CC1=O. The number of hydrogen-bond acceptors (Lipinski definition) is 6. The van der Waals surface area contributed by atoms with Gasteiger partial charge < -0.3 is 15.7 Å². The molecule has 5 rings (SSSR count). The second kappa shape index (κ2) is 8.08. The fourth-order valence-corrected chi connectivity index (χ4v) is 5.67. The van der Waals surface area contributed by atoms with Gasteiger partial charge in [-0.2, -0.15) is 0 Å². The summed E-state index contributed by atoms with van der Waals surface area (Å²) in [6.45, 7) is -0.0393. The van der Waals surface area contributed by atoms with Crippen LogP contribution in [0, 0.1) is 5.82 Å². The summed E-state index contributed by atoms with van der Waals surface area (Å²) in [4.78, 5) is 36.7. The number of carbonyl (C=O) groups is 3. The Morgan fingerprint density at radius 1 is 1.14 bits per heavy atom. The molecule has 0 saturated heterocycles. The van der Waals surface area contributed by atoms with Crippen molar-refractivity contribution in [1.29, 1.82) is 0 Å². The molecule has 3 amide bonds. The lowest BCUT2D eigenvalue weighted by Gasteiger charge is -2.36. The lowest BCUT2D eigenvalue weighted by atomic mass is 9.65. The second-order valence-electron chi connectivity index (χ2n) is 8.71. The molecular formula is C23H21FN4O6S. The molecule has 2 heterocycles. The molecule has 0 bridgehead atoms. The minimum absolute atomic E-state index is 0.0393. The van der Waals surface area contributed by atoms with Crippen LogP contribution >= 0.6 is 0 Å². The van der Waals surface area contributed by atoms with Crippen molar-refractivity contribution in [3.63, 3.8) is 0 Å². The van der Waals surface area contributed by atoms with Gasteiger partial charge in [-0.25, -0.2) is 22.5 Å². The molecule has 1 spiro atoms. The second-order valence-corrected chi connectivity index (χ2v) is 10.4. The maximum Gasteiger partial charge on any atom is 0.414 e. The average molecular weight is 501 g/mol. The molecule has 1 aliphatic carbocycles. The topological polar surface area (TPSA) is 145 Å². The van der Waals surface area contributed by atoms with Crippen molar-refractivity contribution in [2.24, 2.45) is 0 Å². The Labute approximate surface area is 199 Å². The molecule has 0 aromatic heterocycles. The van der Waals surface area contributed by atoms with Crippen molar-refractivity contribution in [3.05, 3.63) is 59.6 Å². The molecule has 35 heavy (non-hydrogen) atoms. The maximum atomic E-state index is 13.3. The van der Waals surface area contributed by atoms with E-state index < -0.39 is 33.3 Å². The highest BCUT2D eigenvalue weighted by Crippen LogP contribution is 2.54. The molecule has 0 unspecified atom stereocenters. The number of carbonyl (C=O) groups excluding carboxylic acids is 2. The summed E-state index contributed by atoms with van der Waals surface area (Å²) < 4.78 is 41.6. The number of benzene rings is 2. The van der Waals surface area contributed by atoms with Crippen LogP contribution in [0.5, 0.6) is 0 Å². The predicted octanol–water partition coefficient (Wildman–Crippen LogP) is 3.21. The molecular weight excluding hydrogens is 479 g/mol. The summed E-state index contributed by atoms with van der Waals surface area (Å²) in [6, 6.07) is 7.50. The van der Waals surface area contributed by atoms with Gasteiger partial charge in [0.1, 0.15) is 5.82 Å². The van der Waals surface area contributed by atoms with Crippen molar-refractivity contribution in [1.82, 2.24) is 4.90 Å². The van der Waals surface area contributed by atoms with Gasteiger partial charge in [0, 0.05) is 24.7 Å². The van der Waals surface area contributed by atoms with Crippen molar-refractivity contribution in [2.45, 2.75) is 36.0 Å². The molecule has 0 radical (unpaired) electrons. The van der Waals surface area contributed by atoms with Crippen LogP contribution in [-0.2, 0) is 25.0 Å². The number of rotatable bonds is 5. The van der Waals surface area contributed by atoms with Crippen LogP contribution in [0.1, 0.15) is 31.2 Å². The Hall–Kier alpha value is -3.93. The average Bonchev–Trinajstić information content (AvgIpc) is 3.06. The number of halogens is 1. The van der Waals surface area contributed by atoms with Gasteiger partial charge in [0.25, 0.3) is 15.9 Å². The van der Waals surface area contributed by atoms with E-state index in [2.05, 4.69) is 15.4 Å². The number of amides is 3. The highest BCUT2D eigenvalue weighted by molar-refractivity contribution is 7.92. The van der Waals surface area contributed by atoms with Gasteiger partial charge in [-0.1, -0.05) is 6.42 Å². The van der Waals surface area contributed by atoms with Gasteiger partial charge in [-0.05, 0) is 54.8 Å². The Kier molecular flexibility index (Phi) is 5.28. The van der Waals surface area contributed by atoms with Crippen LogP contribution in [0.25, 0.3) is 0 Å². The first-order chi connectivity index (χ1) is 16.6. The van der Waals surface area contributed by atoms with Crippen molar-refractivity contribution in [3.8, 4) is 0 Å². The van der Waals surface area contributed by atoms with Crippen molar-refractivity contribution < 1.29 is 32.3 Å². The fraction of sp³-hybridized carbons (Fsp3) is 0.261. The van der Waals surface area contributed by atoms with E-state index in [1.54, 1.807) is 6.07 Å². The molecule has 182 valence electrons. The summed E-state index contributed by atoms with van der Waals surface area (Å²) in [6.07, 6.45) is 2.13. The van der Waals surface area contributed by atoms with Gasteiger partial charge in [0.15, 0.2) is 0 Å². The van der Waals surface area contributed by atoms with Crippen LogP contribution < -0.4 is 15.4 Å². The fourth-order valence-electron chi connectivity index (χ4n) is 4.62. The van der Waals surface area contributed by atoms with E-state index in [1.165, 1.54) is 6.07 Å². The Bertz CT molecular complexity index is 1400. The van der Waals surface area contributed by atoms with Crippen LogP contribution in [0.2, 0.25) is 0 Å². The Morgan fingerprint density at radius 2 is 1.86 bits per heavy atom. The van der Waals surface area contributed by atoms with E-state index in [9.17, 15) is 27.2 Å². The lowest BCUT2D eigenvalue weighted by Crippen LogP contribution is -2.40. The number of sulfonamides is 1. The normalized spacial score (nSPS) is 18.4. The number of fused-ring (bicyclic) bond motifs is 2. The Morgan fingerprint density at radius 3 is 2.46 bits per heavy atom. The van der Waals surface area contributed by atoms with E-state index in [0.717, 1.165) is 36.8 Å². The summed E-state index contributed by atoms with van der Waals surface area (Å²) in [5, 5.41) is 15.1. The molecule has 2 aliphatic heterocycles. The first kappa shape index (κ1) is 22.8. The third kappa shape index (κ3) is 3.89. The smallest absolute Gasteiger partial charge is 0.414 e. The number of nitrogens with zero attached hydrogens (tertiary/aromatic N) is 1. The van der Waals surface area contributed by atoms with E-state index in [0.29, 0.717) is 40.4 Å². The minimum Gasteiger partial charge on any atom is -0.465 e. The predicted molar refractivity (Wildman–Crippen MR) is 124 cm³/mol. The maximum absolute atomic E-state index is 13.3. The molecule has 0 atom stereocenters. The number of hydrogen-bond donors (Lipinski definition) is 4. The molecule has 12 heteroatoms. The van der Waals surface area contributed by atoms with E-state index in [4.69, 9.17) is 5.11 Å². The van der Waals surface area contributed by atoms with Crippen LogP contribution in [0.15, 0.2) is 53.1 Å². The first-order valence-corrected chi connectivity index (χ1v) is 12.4. The summed E-state index contributed by atoms with van der Waals surface area (Å²) in [5.74, 6) is -1.44. The molecule has 1 fully saturated rings. The standard InChI is InChI=1S/C23H21FN4O6S/c24-13-2-4-16(5-3-13)35(33,34)27-15-10-17-20(26-21(30)23(17)7-1-8-23)18(11-15)25-14-6-9-28(22(31)32)19(29)12-14/h2-5,10-12,25,27H,1,6-9H2,(H,26,30)(H,31,32). The quantitative estimate of drug-likeness (QED) is 0.493. The number of imide groups is 1. The molecule has 2 aromatic rings. The zero-order valence-electron chi connectivity index (χ0n) is 18.3. The number of carboxylic acid groups (broad SMARTS) is 1. The third-order valence-corrected chi connectivity index (χ3v) is 8.00. The highest BCUT2D eigenvalue weighted by atomic mass is 32.2. The molecule has 4 N–H and O–H groups in total. The van der Waals surface area contributed by atoms with Gasteiger partial charge >= 0.3 is 6.09 Å². The zero-order valence-corrected chi connectivity index (χ0v) is 19.1. The number of nitrogens with one attached hydrogen (secondary N) is 3. The van der Waals surface area contributed by atoms with Gasteiger partial charge in [0.2, 0.25) is 5.91 Å². The minimum atomic E-state index is -4.05. The Balaban J connectivity index is 1.53. The van der Waals surface area contributed by atoms with Crippen molar-refractivity contribution in [2.75, 3.05) is 21.9 Å². The number of anilines is 3. The third-order valence-electron chi connectivity index (χ3n) is 6.60. The monoisotopic (exact) mass is 500 g/mol. The first-order valence-electron chi connectivity index (χ1n) is 10.9. The molecule has 10 nitrogen and oxygen atoms in total. The summed E-state index contributed by atoms with van der Waals surface area (Å²) in [5.41, 5.74) is 1.38. The zero-order chi connectivity index (χ0) is 25.0. The summed E-state index contributed by atoms with van der Waals surface area (Å²) >= 11 is 0. The molecule has 3 aliphatic rings. The van der Waals surface area contributed by atoms with Gasteiger partial charge in [-0.3, -0.25) is 14.3 Å². The van der Waals surface area contributed by atoms with Crippen LogP contribution in [0.3, 0.4) is 0 Å². The summed E-state index contributed by atoms with van der Waals surface area (Å²) in [7, 11) is -4.05. The van der Waals surface area contributed by atoms with Gasteiger partial charge in [-0.15, -0.1) is 0 Å². The highest BCUT2D eigenvalue weighted by Gasteiger charge is 2.52. The van der Waals surface area contributed by atoms with E-state index in [1.807, 2.05) is 0 Å². The van der Waals surface area contributed by atoms with Gasteiger partial charge in [0.05, 0.1) is 27.4 Å². The van der Waals surface area contributed by atoms with E-state index in [-0.39, 0.29) is 29.5 Å². The molecule has 2 aromatic carbocycles. The van der Waals surface area contributed by atoms with Crippen LogP contribution in [0.4, 0.5) is 26.2 Å². The van der Waals surface area contributed by atoms with Crippen molar-refractivity contribution >= 4 is 45.0 Å². The lowest BCUT2D eigenvalue weighted by molar-refractivity contribution is -0.125. The van der Waals surface area contributed by atoms with Crippen LogP contribution in [-0.4, -0.2) is 42.9 Å². The largest absolute Gasteiger partial charge is 0.465 e. The molecule has 1 saturated carbocycles.